The maximum atomic E-state index is 12.9. The first-order chi connectivity index (χ1) is 13.5. The van der Waals surface area contributed by atoms with Gasteiger partial charge in [-0.05, 0) is 10.1 Å². The molecule has 28 heavy (non-hydrogen) atoms. The lowest BCUT2D eigenvalue weighted by Gasteiger charge is -2.21. The van der Waals surface area contributed by atoms with Gasteiger partial charge in [0.1, 0.15) is 17.9 Å². The summed E-state index contributed by atoms with van der Waals surface area (Å²) in [5.41, 5.74) is -1.26. The summed E-state index contributed by atoms with van der Waals surface area (Å²) in [5, 5.41) is 19.2. The van der Waals surface area contributed by atoms with Gasteiger partial charge in [-0.25, -0.2) is 4.79 Å². The van der Waals surface area contributed by atoms with Crippen LogP contribution in [0.5, 0.6) is 0 Å². The van der Waals surface area contributed by atoms with Crippen LogP contribution in [-0.2, 0) is 21.0 Å². The molecule has 0 bridgehead atoms. The van der Waals surface area contributed by atoms with E-state index in [0.717, 1.165) is 21.2 Å². The van der Waals surface area contributed by atoms with Gasteiger partial charge < -0.3 is 19.8 Å². The molecule has 1 aliphatic heterocycles. The van der Waals surface area contributed by atoms with Gasteiger partial charge in [0, 0.05) is 6.20 Å². The number of aromatic amines is 1. The number of nitrogens with one attached hydrogen (secondary N) is 1. The lowest BCUT2D eigenvalue weighted by Crippen LogP contribution is -2.40. The van der Waals surface area contributed by atoms with Crippen molar-refractivity contribution in [2.75, 3.05) is 11.5 Å². The molecule has 1 amide bonds. The van der Waals surface area contributed by atoms with Crippen LogP contribution < -0.4 is 16.1 Å². The number of benzene rings is 1. The number of carbonyl (C=O) groups excluding carboxylic acids is 1. The van der Waals surface area contributed by atoms with Crippen molar-refractivity contribution in [1.29, 1.82) is 0 Å². The Bertz CT molecular complexity index is 932. The highest BCUT2D eigenvalue weighted by molar-refractivity contribution is 5.74. The molecule has 3 N–H and O–H groups in total. The van der Waals surface area contributed by atoms with Crippen molar-refractivity contribution in [3.05, 3.63) is 62.9 Å². The number of carbonyl (C=O) groups is 1. The summed E-state index contributed by atoms with van der Waals surface area (Å²) >= 11 is 0. The van der Waals surface area contributed by atoms with E-state index in [4.69, 9.17) is 4.74 Å². The SMILES string of the molecule is O=CN(Cc1ccccc1)c1cn([C@@H]2O[C@H](CO)[C@H](O)[C@H]2OF)c(=O)[nH]c1=O. The van der Waals surface area contributed by atoms with Gasteiger partial charge >= 0.3 is 5.69 Å². The van der Waals surface area contributed by atoms with E-state index in [1.165, 1.54) is 0 Å². The molecule has 10 nitrogen and oxygen atoms in total. The zero-order valence-electron chi connectivity index (χ0n) is 14.5. The van der Waals surface area contributed by atoms with Gasteiger partial charge in [0.05, 0.1) is 13.2 Å². The van der Waals surface area contributed by atoms with Crippen molar-refractivity contribution in [1.82, 2.24) is 9.55 Å². The molecule has 2 heterocycles. The lowest BCUT2D eigenvalue weighted by molar-refractivity contribution is -0.221. The number of nitrogens with zero attached hydrogens (tertiary/aromatic N) is 2. The first-order valence-corrected chi connectivity index (χ1v) is 8.33. The van der Waals surface area contributed by atoms with Gasteiger partial charge in [-0.1, -0.05) is 30.3 Å². The Morgan fingerprint density at radius 1 is 1.32 bits per heavy atom. The first-order valence-electron chi connectivity index (χ1n) is 8.33. The molecular weight excluding hydrogens is 377 g/mol. The molecule has 150 valence electrons. The van der Waals surface area contributed by atoms with Crippen molar-refractivity contribution >= 4 is 12.1 Å². The second-order valence-electron chi connectivity index (χ2n) is 6.19. The Kier molecular flexibility index (Phi) is 5.99. The van der Waals surface area contributed by atoms with Crippen LogP contribution in [0.1, 0.15) is 11.8 Å². The summed E-state index contributed by atoms with van der Waals surface area (Å²) in [6.45, 7) is -0.598. The van der Waals surface area contributed by atoms with Gasteiger partial charge in [0.25, 0.3) is 5.56 Å². The molecule has 1 aromatic carbocycles. The highest BCUT2D eigenvalue weighted by atomic mass is 19.3. The Hall–Kier alpha value is -2.86. The molecule has 3 rings (SSSR count). The van der Waals surface area contributed by atoms with Crippen molar-refractivity contribution in [3.8, 4) is 0 Å². The highest BCUT2D eigenvalue weighted by Crippen LogP contribution is 2.31. The van der Waals surface area contributed by atoms with Gasteiger partial charge in [0.2, 0.25) is 6.41 Å². The van der Waals surface area contributed by atoms with E-state index in [1.807, 2.05) is 4.98 Å². The Morgan fingerprint density at radius 3 is 2.64 bits per heavy atom. The fraction of sp³-hybridized carbons (Fsp3) is 0.353. The van der Waals surface area contributed by atoms with Crippen LogP contribution in [0.2, 0.25) is 0 Å². The van der Waals surface area contributed by atoms with Crippen molar-refractivity contribution in [2.24, 2.45) is 0 Å². The average molecular weight is 395 g/mol. The number of amides is 1. The molecule has 4 atom stereocenters. The standard InChI is InChI=1S/C17H18FN3O7/c18-28-14-13(24)12(8-22)27-16(14)21-7-11(15(25)19-17(21)26)20(9-23)6-10-4-2-1-3-5-10/h1-5,7,9,12-14,16,22,24H,6,8H2,(H,19,25,26)/t12-,13+,14-,16-/m1/s1. The molecule has 1 aromatic heterocycles. The minimum Gasteiger partial charge on any atom is -0.394 e. The number of aromatic nitrogens is 2. The van der Waals surface area contributed by atoms with Crippen LogP contribution in [0, 0.1) is 0 Å². The van der Waals surface area contributed by atoms with Crippen LogP contribution in [0.15, 0.2) is 46.1 Å². The van der Waals surface area contributed by atoms with E-state index < -0.39 is 42.4 Å². The zero-order chi connectivity index (χ0) is 20.3. The third-order valence-corrected chi connectivity index (χ3v) is 4.45. The molecule has 2 aromatic rings. The number of rotatable bonds is 7. The van der Waals surface area contributed by atoms with Gasteiger partial charge in [-0.15, -0.1) is 0 Å². The van der Waals surface area contributed by atoms with E-state index in [-0.39, 0.29) is 12.2 Å². The second-order valence-corrected chi connectivity index (χ2v) is 6.19. The predicted octanol–water partition coefficient (Wildman–Crippen LogP) is -0.780. The minimum atomic E-state index is -1.62. The maximum Gasteiger partial charge on any atom is 0.330 e. The summed E-state index contributed by atoms with van der Waals surface area (Å²) in [6, 6.07) is 8.80. The van der Waals surface area contributed by atoms with E-state index in [1.54, 1.807) is 30.3 Å². The molecule has 1 fully saturated rings. The van der Waals surface area contributed by atoms with Gasteiger partial charge in [-0.3, -0.25) is 19.1 Å². The molecule has 0 aliphatic carbocycles. The lowest BCUT2D eigenvalue weighted by atomic mass is 10.1. The number of halogens is 1. The third-order valence-electron chi connectivity index (χ3n) is 4.45. The van der Waals surface area contributed by atoms with Crippen LogP contribution >= 0.6 is 0 Å². The quantitative estimate of drug-likeness (QED) is 0.524. The number of aliphatic hydroxyl groups excluding tert-OH is 2. The molecule has 0 spiro atoms. The summed E-state index contributed by atoms with van der Waals surface area (Å²) < 4.78 is 19.0. The van der Waals surface area contributed by atoms with E-state index in [0.29, 0.717) is 6.41 Å². The van der Waals surface area contributed by atoms with Crippen LogP contribution in [0.25, 0.3) is 0 Å². The molecular formula is C17H18FN3O7. The normalized spacial score (nSPS) is 24.2. The predicted molar refractivity (Wildman–Crippen MR) is 93.0 cm³/mol. The number of H-pyrrole nitrogens is 1. The van der Waals surface area contributed by atoms with Crippen LogP contribution in [-0.4, -0.2) is 51.1 Å². The number of ether oxygens (including phenoxy) is 1. The summed E-state index contributed by atoms with van der Waals surface area (Å²) in [6.07, 6.45) is -4.40. The third kappa shape index (κ3) is 3.73. The summed E-state index contributed by atoms with van der Waals surface area (Å²) in [5.74, 6) is 0. The van der Waals surface area contributed by atoms with Crippen molar-refractivity contribution in [2.45, 2.75) is 31.1 Å². The molecule has 0 radical (unpaired) electrons. The van der Waals surface area contributed by atoms with Crippen molar-refractivity contribution < 1.29 is 29.2 Å². The number of aliphatic hydroxyl groups is 2. The van der Waals surface area contributed by atoms with Crippen molar-refractivity contribution in [3.63, 3.8) is 0 Å². The smallest absolute Gasteiger partial charge is 0.330 e. The Labute approximate surface area is 157 Å². The highest BCUT2D eigenvalue weighted by Gasteiger charge is 2.47. The number of anilines is 1. The fourth-order valence-electron chi connectivity index (χ4n) is 3.02. The minimum absolute atomic E-state index is 0.0437. The van der Waals surface area contributed by atoms with Crippen LogP contribution in [0.4, 0.5) is 10.2 Å². The number of hydrogen-bond acceptors (Lipinski definition) is 7. The molecule has 1 saturated heterocycles. The fourth-order valence-corrected chi connectivity index (χ4v) is 3.02. The molecule has 11 heteroatoms. The second kappa shape index (κ2) is 8.44. The maximum absolute atomic E-state index is 12.9. The Balaban J connectivity index is 1.99. The summed E-state index contributed by atoms with van der Waals surface area (Å²) in [7, 11) is 0. The average Bonchev–Trinajstić information content (AvgIpc) is 3.02. The topological polar surface area (TPSA) is 134 Å². The molecule has 0 unspecified atom stereocenters. The van der Waals surface area contributed by atoms with E-state index in [9.17, 15) is 29.1 Å². The van der Waals surface area contributed by atoms with Gasteiger partial charge in [-0.2, -0.15) is 4.94 Å². The Morgan fingerprint density at radius 2 is 2.04 bits per heavy atom. The van der Waals surface area contributed by atoms with Crippen LogP contribution in [0.3, 0.4) is 0 Å². The zero-order valence-corrected chi connectivity index (χ0v) is 14.5. The van der Waals surface area contributed by atoms with E-state index >= 15 is 0 Å². The number of hydrogen-bond donors (Lipinski definition) is 3. The summed E-state index contributed by atoms with van der Waals surface area (Å²) in [4.78, 5) is 42.8. The molecule has 1 aliphatic rings. The largest absolute Gasteiger partial charge is 0.394 e. The van der Waals surface area contributed by atoms with E-state index in [2.05, 4.69) is 4.94 Å². The van der Waals surface area contributed by atoms with Gasteiger partial charge in [0.15, 0.2) is 12.3 Å². The monoisotopic (exact) mass is 395 g/mol. The first kappa shape index (κ1) is 19.9. The molecule has 0 saturated carbocycles.